The highest BCUT2D eigenvalue weighted by Crippen LogP contribution is 2.38. The summed E-state index contributed by atoms with van der Waals surface area (Å²) in [5, 5.41) is 14.4. The van der Waals surface area contributed by atoms with Crippen LogP contribution in [0.4, 0.5) is 0 Å². The lowest BCUT2D eigenvalue weighted by Crippen LogP contribution is -2.00. The molecule has 0 amide bonds. The fourth-order valence-electron chi connectivity index (χ4n) is 5.44. The van der Waals surface area contributed by atoms with E-state index in [-0.39, 0.29) is 0 Å². The van der Waals surface area contributed by atoms with Crippen molar-refractivity contribution in [3.05, 3.63) is 128 Å². The van der Waals surface area contributed by atoms with E-state index in [2.05, 4.69) is 95.0 Å². The van der Waals surface area contributed by atoms with Gasteiger partial charge in [0.2, 0.25) is 5.82 Å². The molecular formula is C35H21N5. The maximum atomic E-state index is 5.01. The topological polar surface area (TPSA) is 64.5 Å². The van der Waals surface area contributed by atoms with E-state index in [0.29, 0.717) is 11.6 Å². The number of hydrogen-bond donors (Lipinski definition) is 0. The van der Waals surface area contributed by atoms with Crippen molar-refractivity contribution in [1.82, 2.24) is 25.1 Å². The zero-order valence-electron chi connectivity index (χ0n) is 21.4. The molecule has 0 saturated carbocycles. The number of para-hydroxylation sites is 1. The van der Waals surface area contributed by atoms with Crippen LogP contribution < -0.4 is 0 Å². The van der Waals surface area contributed by atoms with Crippen molar-refractivity contribution < 1.29 is 0 Å². The van der Waals surface area contributed by atoms with Gasteiger partial charge in [-0.2, -0.15) is 0 Å². The van der Waals surface area contributed by atoms with Crippen LogP contribution in [0.3, 0.4) is 0 Å². The summed E-state index contributed by atoms with van der Waals surface area (Å²) in [6.07, 6.45) is 1.81. The second-order valence-corrected chi connectivity index (χ2v) is 9.84. The lowest BCUT2D eigenvalue weighted by atomic mass is 9.93. The predicted molar refractivity (Wildman–Crippen MR) is 162 cm³/mol. The average molecular weight is 512 g/mol. The van der Waals surface area contributed by atoms with Crippen LogP contribution in [-0.2, 0) is 0 Å². The monoisotopic (exact) mass is 511 g/mol. The van der Waals surface area contributed by atoms with Crippen LogP contribution >= 0.6 is 0 Å². The van der Waals surface area contributed by atoms with Gasteiger partial charge >= 0.3 is 0 Å². The highest BCUT2D eigenvalue weighted by Gasteiger charge is 2.16. The zero-order chi connectivity index (χ0) is 26.5. The Bertz CT molecular complexity index is 2210. The minimum atomic E-state index is 0.409. The maximum absolute atomic E-state index is 5.01. The Morgan fingerprint density at radius 2 is 1.00 bits per heavy atom. The molecule has 0 radical (unpaired) electrons. The number of benzene rings is 6. The molecular weight excluding hydrogens is 490 g/mol. The molecule has 0 fully saturated rings. The molecule has 186 valence electrons. The third-order valence-electron chi connectivity index (χ3n) is 7.43. The summed E-state index contributed by atoms with van der Waals surface area (Å²) in [4.78, 5) is 14.3. The summed E-state index contributed by atoms with van der Waals surface area (Å²) >= 11 is 0. The molecule has 0 N–H and O–H groups in total. The Hall–Kier alpha value is -5.55. The lowest BCUT2D eigenvalue weighted by molar-refractivity contribution is 1.01. The number of rotatable bonds is 3. The minimum absolute atomic E-state index is 0.409. The summed E-state index contributed by atoms with van der Waals surface area (Å²) in [5.41, 5.74) is 7.05. The Labute approximate surface area is 229 Å². The molecule has 0 saturated heterocycles. The van der Waals surface area contributed by atoms with E-state index in [1.54, 1.807) is 6.20 Å². The number of fused-ring (bicyclic) bond motifs is 7. The van der Waals surface area contributed by atoms with Gasteiger partial charge in [0.1, 0.15) is 11.0 Å². The van der Waals surface area contributed by atoms with Crippen LogP contribution in [0.25, 0.3) is 77.4 Å². The van der Waals surface area contributed by atoms with Gasteiger partial charge in [-0.3, -0.25) is 0 Å². The van der Waals surface area contributed by atoms with Crippen molar-refractivity contribution >= 4 is 43.5 Å². The van der Waals surface area contributed by atoms with E-state index in [0.717, 1.165) is 54.6 Å². The molecule has 5 heteroatoms. The number of nitrogens with zero attached hydrogens (tertiary/aromatic N) is 5. The van der Waals surface area contributed by atoms with E-state index >= 15 is 0 Å². The summed E-state index contributed by atoms with van der Waals surface area (Å²) in [7, 11) is 0. The third-order valence-corrected chi connectivity index (χ3v) is 7.43. The van der Waals surface area contributed by atoms with Crippen molar-refractivity contribution in [2.24, 2.45) is 0 Å². The molecule has 40 heavy (non-hydrogen) atoms. The molecule has 0 aliphatic rings. The Kier molecular flexibility index (Phi) is 5.07. The van der Waals surface area contributed by atoms with Crippen molar-refractivity contribution in [3.63, 3.8) is 0 Å². The summed E-state index contributed by atoms with van der Waals surface area (Å²) in [6, 6.07) is 41.9. The van der Waals surface area contributed by atoms with Gasteiger partial charge < -0.3 is 0 Å². The quantitative estimate of drug-likeness (QED) is 0.223. The molecule has 0 aliphatic heterocycles. The molecule has 0 unspecified atom stereocenters. The first-order valence-corrected chi connectivity index (χ1v) is 13.2. The molecule has 2 aromatic heterocycles. The van der Waals surface area contributed by atoms with Gasteiger partial charge in [-0.15, -0.1) is 10.2 Å². The molecule has 8 rings (SSSR count). The van der Waals surface area contributed by atoms with Gasteiger partial charge in [0.05, 0.1) is 5.52 Å². The minimum Gasteiger partial charge on any atom is -0.233 e. The smallest absolute Gasteiger partial charge is 0.220 e. The second-order valence-electron chi connectivity index (χ2n) is 9.84. The maximum Gasteiger partial charge on any atom is 0.220 e. The third kappa shape index (κ3) is 3.68. The van der Waals surface area contributed by atoms with Crippen LogP contribution in [0.1, 0.15) is 0 Å². The van der Waals surface area contributed by atoms with Gasteiger partial charge in [0, 0.05) is 22.4 Å². The first-order valence-electron chi connectivity index (χ1n) is 13.2. The van der Waals surface area contributed by atoms with Gasteiger partial charge in [0.25, 0.3) is 0 Å². The van der Waals surface area contributed by atoms with Gasteiger partial charge in [0.15, 0.2) is 5.82 Å². The molecule has 6 aromatic carbocycles. The van der Waals surface area contributed by atoms with Crippen molar-refractivity contribution in [2.45, 2.75) is 0 Å². The fourth-order valence-corrected chi connectivity index (χ4v) is 5.44. The Balaban J connectivity index is 1.42. The molecule has 5 nitrogen and oxygen atoms in total. The molecule has 2 heterocycles. The van der Waals surface area contributed by atoms with Gasteiger partial charge in [-0.25, -0.2) is 15.0 Å². The summed E-state index contributed by atoms with van der Waals surface area (Å²) < 4.78 is 0. The molecule has 0 spiro atoms. The van der Waals surface area contributed by atoms with E-state index < -0.39 is 0 Å². The van der Waals surface area contributed by atoms with Crippen LogP contribution in [0, 0.1) is 0 Å². The van der Waals surface area contributed by atoms with Crippen LogP contribution in [0.15, 0.2) is 128 Å². The van der Waals surface area contributed by atoms with Crippen LogP contribution in [0.5, 0.6) is 0 Å². The van der Waals surface area contributed by atoms with Gasteiger partial charge in [-0.1, -0.05) is 103 Å². The van der Waals surface area contributed by atoms with Gasteiger partial charge in [-0.05, 0) is 51.2 Å². The zero-order valence-corrected chi connectivity index (χ0v) is 21.4. The molecule has 0 bridgehead atoms. The average Bonchev–Trinajstić information content (AvgIpc) is 3.04. The van der Waals surface area contributed by atoms with Crippen molar-refractivity contribution in [2.75, 3.05) is 0 Å². The fraction of sp³-hybridized carbons (Fsp3) is 0. The highest BCUT2D eigenvalue weighted by molar-refractivity contribution is 6.24. The van der Waals surface area contributed by atoms with E-state index in [9.17, 15) is 0 Å². The second kappa shape index (κ2) is 9.03. The van der Waals surface area contributed by atoms with Crippen molar-refractivity contribution in [3.8, 4) is 33.9 Å². The van der Waals surface area contributed by atoms with E-state index in [1.165, 1.54) is 11.1 Å². The SMILES string of the molecule is c1ccc(-c2ccc3c(c2)c2cc(-c4ccccc4)ccc2c2nc(-c4ncc5ccccc5n4)nnc32)cc1. The standard InChI is InChI=1S/C35H21N5/c1-3-9-22(10-4-1)24-15-17-27-29(19-24)30-20-25(23-11-5-2-6-12-23)16-18-28(30)33-32(27)38-35(40-39-33)34-36-21-26-13-7-8-14-31(26)37-34/h1-21H. The van der Waals surface area contributed by atoms with Crippen LogP contribution in [0.2, 0.25) is 0 Å². The number of hydrogen-bond acceptors (Lipinski definition) is 5. The molecule has 0 aliphatic carbocycles. The lowest BCUT2D eigenvalue weighted by Gasteiger charge is -2.13. The Morgan fingerprint density at radius 1 is 0.400 bits per heavy atom. The largest absolute Gasteiger partial charge is 0.233 e. The molecule has 8 aromatic rings. The van der Waals surface area contributed by atoms with E-state index in [4.69, 9.17) is 15.1 Å². The first kappa shape index (κ1) is 22.4. The summed E-state index contributed by atoms with van der Waals surface area (Å²) in [5.74, 6) is 0.869. The molecule has 0 atom stereocenters. The first-order chi connectivity index (χ1) is 19.8. The van der Waals surface area contributed by atoms with Crippen LogP contribution in [-0.4, -0.2) is 25.1 Å². The van der Waals surface area contributed by atoms with E-state index in [1.807, 2.05) is 36.4 Å². The highest BCUT2D eigenvalue weighted by atomic mass is 15.2. The Morgan fingerprint density at radius 3 is 1.68 bits per heavy atom. The normalized spacial score (nSPS) is 11.5. The predicted octanol–water partition coefficient (Wildman–Crippen LogP) is 8.28. The van der Waals surface area contributed by atoms with Crippen molar-refractivity contribution in [1.29, 1.82) is 0 Å². The number of aromatic nitrogens is 5. The summed E-state index contributed by atoms with van der Waals surface area (Å²) in [6.45, 7) is 0.